The molecule has 0 aliphatic carbocycles. The molecule has 0 bridgehead atoms. The van der Waals surface area contributed by atoms with Crippen LogP contribution in [0.3, 0.4) is 0 Å². The van der Waals surface area contributed by atoms with Gasteiger partial charge in [0.1, 0.15) is 0 Å². The highest BCUT2D eigenvalue weighted by Crippen LogP contribution is 2.09. The van der Waals surface area contributed by atoms with Gasteiger partial charge in [-0.25, -0.2) is 0 Å². The van der Waals surface area contributed by atoms with Crippen LogP contribution in [0.15, 0.2) is 24.3 Å². The summed E-state index contributed by atoms with van der Waals surface area (Å²) in [6.07, 6.45) is 0.930. The molecule has 76 valence electrons. The maximum atomic E-state index is 11.6. The lowest BCUT2D eigenvalue weighted by atomic mass is 10.2. The van der Waals surface area contributed by atoms with Gasteiger partial charge in [-0.15, -0.1) is 0 Å². The SMILES string of the molecule is CC[C@H](C)NC(=O)c1ccc(Cl)cc1. The van der Waals surface area contributed by atoms with Crippen LogP contribution >= 0.6 is 11.6 Å². The monoisotopic (exact) mass is 211 g/mol. The number of nitrogens with one attached hydrogen (secondary N) is 1. The van der Waals surface area contributed by atoms with Crippen LogP contribution in [0.4, 0.5) is 0 Å². The van der Waals surface area contributed by atoms with Gasteiger partial charge in [0.2, 0.25) is 0 Å². The molecule has 0 unspecified atom stereocenters. The highest BCUT2D eigenvalue weighted by molar-refractivity contribution is 6.30. The zero-order valence-corrected chi connectivity index (χ0v) is 9.14. The van der Waals surface area contributed by atoms with Crippen molar-refractivity contribution in [2.75, 3.05) is 0 Å². The average molecular weight is 212 g/mol. The van der Waals surface area contributed by atoms with Gasteiger partial charge in [-0.1, -0.05) is 18.5 Å². The van der Waals surface area contributed by atoms with Gasteiger partial charge in [-0.3, -0.25) is 4.79 Å². The van der Waals surface area contributed by atoms with Gasteiger partial charge in [-0.2, -0.15) is 0 Å². The fourth-order valence-electron chi connectivity index (χ4n) is 1.01. The summed E-state index contributed by atoms with van der Waals surface area (Å²) >= 11 is 5.72. The Bertz CT molecular complexity index is 308. The Morgan fingerprint density at radius 2 is 2.00 bits per heavy atom. The Morgan fingerprint density at radius 1 is 1.43 bits per heavy atom. The first-order chi connectivity index (χ1) is 6.63. The van der Waals surface area contributed by atoms with Gasteiger partial charge >= 0.3 is 0 Å². The Morgan fingerprint density at radius 3 is 2.50 bits per heavy atom. The van der Waals surface area contributed by atoms with Crippen LogP contribution < -0.4 is 5.32 Å². The summed E-state index contributed by atoms with van der Waals surface area (Å²) in [5.41, 5.74) is 0.648. The van der Waals surface area contributed by atoms with Gasteiger partial charge in [0.05, 0.1) is 0 Å². The highest BCUT2D eigenvalue weighted by Gasteiger charge is 2.07. The number of amides is 1. The van der Waals surface area contributed by atoms with Crippen LogP contribution in [0.25, 0.3) is 0 Å². The first-order valence-corrected chi connectivity index (χ1v) is 5.07. The van der Waals surface area contributed by atoms with Gasteiger partial charge in [0, 0.05) is 16.6 Å². The van der Waals surface area contributed by atoms with Gasteiger partial charge < -0.3 is 5.32 Å². The van der Waals surface area contributed by atoms with E-state index in [4.69, 9.17) is 11.6 Å². The average Bonchev–Trinajstić information content (AvgIpc) is 2.18. The maximum absolute atomic E-state index is 11.6. The molecule has 0 aliphatic rings. The van der Waals surface area contributed by atoms with E-state index in [-0.39, 0.29) is 11.9 Å². The van der Waals surface area contributed by atoms with Crippen LogP contribution in [0.5, 0.6) is 0 Å². The third-order valence-corrected chi connectivity index (χ3v) is 2.35. The highest BCUT2D eigenvalue weighted by atomic mass is 35.5. The van der Waals surface area contributed by atoms with Crippen molar-refractivity contribution in [3.63, 3.8) is 0 Å². The van der Waals surface area contributed by atoms with Crippen molar-refractivity contribution in [1.82, 2.24) is 5.32 Å². The molecule has 0 fully saturated rings. The number of hydrogen-bond acceptors (Lipinski definition) is 1. The summed E-state index contributed by atoms with van der Waals surface area (Å²) in [6, 6.07) is 7.08. The number of carbonyl (C=O) groups is 1. The molecular weight excluding hydrogens is 198 g/mol. The molecule has 0 saturated carbocycles. The molecular formula is C11H14ClNO. The molecule has 3 heteroatoms. The second-order valence-corrected chi connectivity index (χ2v) is 3.73. The van der Waals surface area contributed by atoms with E-state index < -0.39 is 0 Å². The van der Waals surface area contributed by atoms with Crippen LogP contribution in [0.2, 0.25) is 5.02 Å². The summed E-state index contributed by atoms with van der Waals surface area (Å²) < 4.78 is 0. The predicted octanol–water partition coefficient (Wildman–Crippen LogP) is 2.87. The molecule has 1 N–H and O–H groups in total. The largest absolute Gasteiger partial charge is 0.350 e. The number of rotatable bonds is 3. The molecule has 0 aliphatic heterocycles. The molecule has 1 aromatic rings. The smallest absolute Gasteiger partial charge is 0.251 e. The fourth-order valence-corrected chi connectivity index (χ4v) is 1.14. The van der Waals surface area contributed by atoms with E-state index in [0.717, 1.165) is 6.42 Å². The fraction of sp³-hybridized carbons (Fsp3) is 0.364. The molecule has 1 amide bonds. The number of carbonyl (C=O) groups excluding carboxylic acids is 1. The minimum atomic E-state index is -0.0454. The lowest BCUT2D eigenvalue weighted by molar-refractivity contribution is 0.0939. The third kappa shape index (κ3) is 3.04. The topological polar surface area (TPSA) is 29.1 Å². The molecule has 14 heavy (non-hydrogen) atoms. The summed E-state index contributed by atoms with van der Waals surface area (Å²) in [6.45, 7) is 4.01. The van der Waals surface area contributed by atoms with E-state index >= 15 is 0 Å². The zero-order chi connectivity index (χ0) is 10.6. The molecule has 2 nitrogen and oxygen atoms in total. The van der Waals surface area contributed by atoms with E-state index in [0.29, 0.717) is 10.6 Å². The minimum absolute atomic E-state index is 0.0454. The molecule has 0 spiro atoms. The normalized spacial score (nSPS) is 12.2. The Kier molecular flexibility index (Phi) is 3.96. The van der Waals surface area contributed by atoms with Crippen molar-refractivity contribution in [2.24, 2.45) is 0 Å². The van der Waals surface area contributed by atoms with E-state index in [1.165, 1.54) is 0 Å². The first-order valence-electron chi connectivity index (χ1n) is 4.70. The van der Waals surface area contributed by atoms with Crippen molar-refractivity contribution in [3.05, 3.63) is 34.9 Å². The molecule has 1 rings (SSSR count). The van der Waals surface area contributed by atoms with Crippen LogP contribution in [-0.2, 0) is 0 Å². The molecule has 1 aromatic carbocycles. The van der Waals surface area contributed by atoms with E-state index in [2.05, 4.69) is 5.32 Å². The van der Waals surface area contributed by atoms with Gasteiger partial charge in [-0.05, 0) is 37.6 Å². The minimum Gasteiger partial charge on any atom is -0.350 e. The molecule has 0 heterocycles. The second-order valence-electron chi connectivity index (χ2n) is 3.29. The molecule has 0 aromatic heterocycles. The van der Waals surface area contributed by atoms with Crippen molar-refractivity contribution in [3.8, 4) is 0 Å². The van der Waals surface area contributed by atoms with E-state index in [1.807, 2.05) is 13.8 Å². The van der Waals surface area contributed by atoms with Crippen LogP contribution in [-0.4, -0.2) is 11.9 Å². The van der Waals surface area contributed by atoms with Crippen molar-refractivity contribution in [2.45, 2.75) is 26.3 Å². The van der Waals surface area contributed by atoms with Gasteiger partial charge in [0.25, 0.3) is 5.91 Å². The Labute approximate surface area is 89.3 Å². The van der Waals surface area contributed by atoms with Crippen LogP contribution in [0.1, 0.15) is 30.6 Å². The van der Waals surface area contributed by atoms with Crippen molar-refractivity contribution >= 4 is 17.5 Å². The summed E-state index contributed by atoms with van der Waals surface area (Å²) in [5, 5.41) is 3.53. The standard InChI is InChI=1S/C11H14ClNO/c1-3-8(2)13-11(14)9-4-6-10(12)7-5-9/h4-8H,3H2,1-2H3,(H,13,14)/t8-/m0/s1. The summed E-state index contributed by atoms with van der Waals surface area (Å²) in [7, 11) is 0. The number of halogens is 1. The quantitative estimate of drug-likeness (QED) is 0.819. The summed E-state index contributed by atoms with van der Waals surface area (Å²) in [4.78, 5) is 11.6. The van der Waals surface area contributed by atoms with Crippen molar-refractivity contribution < 1.29 is 4.79 Å². The zero-order valence-electron chi connectivity index (χ0n) is 8.38. The Balaban J connectivity index is 2.65. The number of hydrogen-bond donors (Lipinski definition) is 1. The second kappa shape index (κ2) is 5.01. The third-order valence-electron chi connectivity index (χ3n) is 2.10. The van der Waals surface area contributed by atoms with E-state index in [9.17, 15) is 4.79 Å². The predicted molar refractivity (Wildman–Crippen MR) is 58.7 cm³/mol. The first kappa shape index (κ1) is 11.1. The lowest BCUT2D eigenvalue weighted by Gasteiger charge is -2.10. The van der Waals surface area contributed by atoms with Crippen LogP contribution in [0, 0.1) is 0 Å². The van der Waals surface area contributed by atoms with E-state index in [1.54, 1.807) is 24.3 Å². The molecule has 0 radical (unpaired) electrons. The van der Waals surface area contributed by atoms with Crippen molar-refractivity contribution in [1.29, 1.82) is 0 Å². The molecule has 1 atom stereocenters. The van der Waals surface area contributed by atoms with Gasteiger partial charge in [0.15, 0.2) is 0 Å². The lowest BCUT2D eigenvalue weighted by Crippen LogP contribution is -2.31. The number of benzene rings is 1. The molecule has 0 saturated heterocycles. The maximum Gasteiger partial charge on any atom is 0.251 e. The summed E-state index contributed by atoms with van der Waals surface area (Å²) in [5.74, 6) is -0.0454. The Hall–Kier alpha value is -1.02.